The average molecular weight is 411 g/mol. The van der Waals surface area contributed by atoms with Gasteiger partial charge in [-0.2, -0.15) is 0 Å². The third kappa shape index (κ3) is 4.96. The number of rotatable bonds is 7. The molecule has 9 heteroatoms. The third-order valence-electron chi connectivity index (χ3n) is 3.92. The van der Waals surface area contributed by atoms with Crippen molar-refractivity contribution in [2.75, 3.05) is 19.5 Å². The van der Waals surface area contributed by atoms with Crippen LogP contribution in [0, 0.1) is 10.1 Å². The first kappa shape index (κ1) is 20.0. The maximum Gasteiger partial charge on any atom is 0.270 e. The molecule has 3 aromatic rings. The lowest BCUT2D eigenvalue weighted by atomic mass is 10.1. The average Bonchev–Trinajstić information content (AvgIpc) is 3.20. The quantitative estimate of drug-likeness (QED) is 0.351. The smallest absolute Gasteiger partial charge is 0.270 e. The highest BCUT2D eigenvalue weighted by molar-refractivity contribution is 7.14. The number of anilines is 1. The SMILES string of the molecule is COc1ccc(C=CC(=O)Nc2nc(-c3cccc([N+](=O)[O-])c3)cs2)cc1OC. The standard InChI is InChI=1S/C20H17N3O5S/c1-27-17-8-6-13(10-18(17)28-2)7-9-19(24)22-20-21-16(12-29-20)14-4-3-5-15(11-14)23(25)26/h3-12H,1-2H3,(H,21,22,24). The molecule has 1 heterocycles. The first-order chi connectivity index (χ1) is 14.0. The highest BCUT2D eigenvalue weighted by Gasteiger charge is 2.11. The number of ether oxygens (including phenoxy) is 2. The van der Waals surface area contributed by atoms with Gasteiger partial charge in [0.2, 0.25) is 5.91 Å². The summed E-state index contributed by atoms with van der Waals surface area (Å²) < 4.78 is 10.4. The number of non-ortho nitro benzene ring substituents is 1. The summed E-state index contributed by atoms with van der Waals surface area (Å²) >= 11 is 1.24. The van der Waals surface area contributed by atoms with Gasteiger partial charge in [-0.1, -0.05) is 18.2 Å². The van der Waals surface area contributed by atoms with Crippen molar-refractivity contribution in [1.29, 1.82) is 0 Å². The van der Waals surface area contributed by atoms with Gasteiger partial charge in [-0.25, -0.2) is 4.98 Å². The van der Waals surface area contributed by atoms with E-state index >= 15 is 0 Å². The minimum absolute atomic E-state index is 0.0149. The Kier molecular flexibility index (Phi) is 6.20. The number of carbonyl (C=O) groups is 1. The molecule has 0 atom stereocenters. The number of nitrogens with zero attached hydrogens (tertiary/aromatic N) is 2. The molecular weight excluding hydrogens is 394 g/mol. The van der Waals surface area contributed by atoms with E-state index in [1.165, 1.54) is 29.5 Å². The van der Waals surface area contributed by atoms with Crippen molar-refractivity contribution in [3.63, 3.8) is 0 Å². The van der Waals surface area contributed by atoms with E-state index in [1.807, 2.05) is 0 Å². The number of carbonyl (C=O) groups excluding carboxylic acids is 1. The van der Waals surface area contributed by atoms with E-state index in [0.29, 0.717) is 27.9 Å². The molecule has 0 fully saturated rings. The second-order valence-electron chi connectivity index (χ2n) is 5.78. The van der Waals surface area contributed by atoms with Crippen LogP contribution in [0.2, 0.25) is 0 Å². The van der Waals surface area contributed by atoms with E-state index in [2.05, 4.69) is 10.3 Å². The predicted octanol–water partition coefficient (Wildman–Crippen LogP) is 4.39. The van der Waals surface area contributed by atoms with Crippen LogP contribution in [-0.2, 0) is 4.79 Å². The number of hydrogen-bond acceptors (Lipinski definition) is 7. The van der Waals surface area contributed by atoms with Gasteiger partial charge in [0.1, 0.15) is 0 Å². The largest absolute Gasteiger partial charge is 0.493 e. The van der Waals surface area contributed by atoms with Crippen molar-refractivity contribution in [2.45, 2.75) is 0 Å². The molecule has 0 saturated carbocycles. The van der Waals surface area contributed by atoms with E-state index in [0.717, 1.165) is 5.56 Å². The number of methoxy groups -OCH3 is 2. The third-order valence-corrected chi connectivity index (χ3v) is 4.68. The van der Waals surface area contributed by atoms with Crippen molar-refractivity contribution in [3.05, 3.63) is 69.6 Å². The van der Waals surface area contributed by atoms with Crippen LogP contribution in [0.3, 0.4) is 0 Å². The van der Waals surface area contributed by atoms with Gasteiger partial charge in [-0.05, 0) is 23.8 Å². The first-order valence-electron chi connectivity index (χ1n) is 8.41. The molecule has 29 heavy (non-hydrogen) atoms. The number of nitrogens with one attached hydrogen (secondary N) is 1. The van der Waals surface area contributed by atoms with Crippen molar-refractivity contribution in [2.24, 2.45) is 0 Å². The zero-order chi connectivity index (χ0) is 20.8. The van der Waals surface area contributed by atoms with Crippen LogP contribution >= 0.6 is 11.3 Å². The second-order valence-corrected chi connectivity index (χ2v) is 6.64. The summed E-state index contributed by atoms with van der Waals surface area (Å²) in [4.78, 5) is 26.9. The maximum absolute atomic E-state index is 12.2. The lowest BCUT2D eigenvalue weighted by molar-refractivity contribution is -0.384. The molecule has 0 spiro atoms. The summed E-state index contributed by atoms with van der Waals surface area (Å²) in [6, 6.07) is 11.5. The Hall–Kier alpha value is -3.72. The van der Waals surface area contributed by atoms with Crippen LogP contribution in [0.4, 0.5) is 10.8 Å². The molecule has 2 aromatic carbocycles. The van der Waals surface area contributed by atoms with Gasteiger partial charge in [0, 0.05) is 29.2 Å². The fourth-order valence-corrected chi connectivity index (χ4v) is 3.24. The molecular formula is C20H17N3O5S. The summed E-state index contributed by atoms with van der Waals surface area (Å²) in [5, 5.41) is 15.7. The van der Waals surface area contributed by atoms with Crippen molar-refractivity contribution < 1.29 is 19.2 Å². The van der Waals surface area contributed by atoms with Gasteiger partial charge in [0.15, 0.2) is 16.6 Å². The Morgan fingerprint density at radius 3 is 2.69 bits per heavy atom. The van der Waals surface area contributed by atoms with Crippen LogP contribution in [0.25, 0.3) is 17.3 Å². The number of thiazole rings is 1. The fraction of sp³-hybridized carbons (Fsp3) is 0.100. The Labute approximate surface area is 170 Å². The van der Waals surface area contributed by atoms with Gasteiger partial charge in [-0.3, -0.25) is 20.2 Å². The molecule has 8 nitrogen and oxygen atoms in total. The lowest BCUT2D eigenvalue weighted by Crippen LogP contribution is -2.07. The number of nitro groups is 1. The Bertz CT molecular complexity index is 1080. The highest BCUT2D eigenvalue weighted by Crippen LogP contribution is 2.29. The zero-order valence-corrected chi connectivity index (χ0v) is 16.4. The van der Waals surface area contributed by atoms with E-state index in [9.17, 15) is 14.9 Å². The Morgan fingerprint density at radius 2 is 1.97 bits per heavy atom. The van der Waals surface area contributed by atoms with Gasteiger partial charge in [0.25, 0.3) is 5.69 Å². The van der Waals surface area contributed by atoms with E-state index in [-0.39, 0.29) is 11.6 Å². The van der Waals surface area contributed by atoms with Gasteiger partial charge < -0.3 is 9.47 Å². The Morgan fingerprint density at radius 1 is 1.17 bits per heavy atom. The van der Waals surface area contributed by atoms with Crippen LogP contribution in [0.15, 0.2) is 53.9 Å². The molecule has 1 amide bonds. The fourth-order valence-electron chi connectivity index (χ4n) is 2.52. The monoisotopic (exact) mass is 411 g/mol. The second kappa shape index (κ2) is 8.98. The minimum Gasteiger partial charge on any atom is -0.493 e. The Balaban J connectivity index is 1.68. The first-order valence-corrected chi connectivity index (χ1v) is 9.29. The van der Waals surface area contributed by atoms with Gasteiger partial charge in [0.05, 0.1) is 24.8 Å². The minimum atomic E-state index is -0.461. The van der Waals surface area contributed by atoms with Crippen LogP contribution in [0.1, 0.15) is 5.56 Å². The summed E-state index contributed by atoms with van der Waals surface area (Å²) in [7, 11) is 3.09. The number of nitro benzene ring substituents is 1. The summed E-state index contributed by atoms with van der Waals surface area (Å²) in [6.45, 7) is 0. The molecule has 1 N–H and O–H groups in total. The zero-order valence-electron chi connectivity index (χ0n) is 15.6. The molecule has 148 valence electrons. The van der Waals surface area contributed by atoms with E-state index in [1.54, 1.807) is 56.0 Å². The molecule has 1 aromatic heterocycles. The summed E-state index contributed by atoms with van der Waals surface area (Å²) in [6.07, 6.45) is 3.03. The highest BCUT2D eigenvalue weighted by atomic mass is 32.1. The van der Waals surface area contributed by atoms with Crippen LogP contribution in [0.5, 0.6) is 11.5 Å². The van der Waals surface area contributed by atoms with Crippen LogP contribution in [-0.4, -0.2) is 30.0 Å². The maximum atomic E-state index is 12.2. The topological polar surface area (TPSA) is 104 Å². The summed E-state index contributed by atoms with van der Waals surface area (Å²) in [5.74, 6) is 0.821. The van der Waals surface area contributed by atoms with E-state index in [4.69, 9.17) is 9.47 Å². The van der Waals surface area contributed by atoms with Crippen molar-refractivity contribution in [3.8, 4) is 22.8 Å². The molecule has 3 rings (SSSR count). The van der Waals surface area contributed by atoms with E-state index < -0.39 is 4.92 Å². The molecule has 0 bridgehead atoms. The molecule has 0 saturated heterocycles. The van der Waals surface area contributed by atoms with Gasteiger partial charge >= 0.3 is 0 Å². The molecule has 0 aliphatic carbocycles. The number of amides is 1. The molecule has 0 aliphatic rings. The lowest BCUT2D eigenvalue weighted by Gasteiger charge is -2.07. The summed E-state index contributed by atoms with van der Waals surface area (Å²) in [5.41, 5.74) is 1.92. The molecule has 0 aliphatic heterocycles. The van der Waals surface area contributed by atoms with Crippen molar-refractivity contribution in [1.82, 2.24) is 4.98 Å². The van der Waals surface area contributed by atoms with Gasteiger partial charge in [-0.15, -0.1) is 11.3 Å². The van der Waals surface area contributed by atoms with Crippen molar-refractivity contribution >= 4 is 34.1 Å². The number of hydrogen-bond donors (Lipinski definition) is 1. The normalized spacial score (nSPS) is 10.7. The predicted molar refractivity (Wildman–Crippen MR) is 111 cm³/mol. The number of aromatic nitrogens is 1. The molecule has 0 radical (unpaired) electrons. The molecule has 0 unspecified atom stereocenters. The number of benzene rings is 2. The van der Waals surface area contributed by atoms with Crippen LogP contribution < -0.4 is 14.8 Å².